The van der Waals surface area contributed by atoms with E-state index in [1.54, 1.807) is 0 Å². The fraction of sp³-hybridized carbons (Fsp3) is 0.308. The van der Waals surface area contributed by atoms with Crippen molar-refractivity contribution in [1.82, 2.24) is 15.5 Å². The Balaban J connectivity index is 1.84. The number of benzene rings is 1. The molecule has 0 bridgehead atoms. The van der Waals surface area contributed by atoms with E-state index in [4.69, 9.17) is 4.42 Å². The molecular formula is C13H16N4O2. The van der Waals surface area contributed by atoms with E-state index in [1.165, 1.54) is 0 Å². The van der Waals surface area contributed by atoms with Crippen molar-refractivity contribution in [3.8, 4) is 0 Å². The van der Waals surface area contributed by atoms with Crippen molar-refractivity contribution in [1.29, 1.82) is 0 Å². The normalized spacial score (nSPS) is 10.2. The second kappa shape index (κ2) is 5.99. The zero-order chi connectivity index (χ0) is 13.7. The van der Waals surface area contributed by atoms with E-state index < -0.39 is 0 Å². The minimum Gasteiger partial charge on any atom is -0.423 e. The maximum atomic E-state index is 11.7. The number of carbonyl (C=O) groups excluding carboxylic acids is 1. The molecule has 0 aliphatic rings. The van der Waals surface area contributed by atoms with E-state index in [9.17, 15) is 4.79 Å². The van der Waals surface area contributed by atoms with Crippen LogP contribution in [0.2, 0.25) is 0 Å². The Kier molecular flexibility index (Phi) is 4.12. The number of aryl methyl sites for hydroxylation is 2. The number of urea groups is 1. The zero-order valence-corrected chi connectivity index (χ0v) is 10.9. The van der Waals surface area contributed by atoms with Crippen LogP contribution in [0.15, 0.2) is 28.7 Å². The molecule has 0 aliphatic heterocycles. The van der Waals surface area contributed by atoms with E-state index in [2.05, 4.69) is 20.8 Å². The molecule has 19 heavy (non-hydrogen) atoms. The molecule has 1 aromatic carbocycles. The summed E-state index contributed by atoms with van der Waals surface area (Å²) in [5, 5.41) is 13.0. The molecule has 2 rings (SSSR count). The van der Waals surface area contributed by atoms with Crippen LogP contribution in [0.25, 0.3) is 0 Å². The molecule has 2 aromatic rings. The fourth-order valence-electron chi connectivity index (χ4n) is 1.56. The maximum Gasteiger partial charge on any atom is 0.319 e. The van der Waals surface area contributed by atoms with Gasteiger partial charge in [-0.15, -0.1) is 10.2 Å². The van der Waals surface area contributed by atoms with Gasteiger partial charge in [0, 0.05) is 12.1 Å². The Morgan fingerprint density at radius 2 is 2.11 bits per heavy atom. The van der Waals surface area contributed by atoms with Crippen LogP contribution in [0, 0.1) is 6.92 Å². The summed E-state index contributed by atoms with van der Waals surface area (Å²) in [6, 6.07) is 7.27. The zero-order valence-electron chi connectivity index (χ0n) is 10.9. The highest BCUT2D eigenvalue weighted by Crippen LogP contribution is 2.09. The molecule has 0 saturated heterocycles. The minimum absolute atomic E-state index is 0.213. The quantitative estimate of drug-likeness (QED) is 0.883. The Labute approximate surface area is 111 Å². The Morgan fingerprint density at radius 3 is 2.79 bits per heavy atom. The van der Waals surface area contributed by atoms with Crippen molar-refractivity contribution in [2.24, 2.45) is 0 Å². The van der Waals surface area contributed by atoms with E-state index in [0.29, 0.717) is 18.2 Å². The first-order valence-corrected chi connectivity index (χ1v) is 6.10. The van der Waals surface area contributed by atoms with Gasteiger partial charge >= 0.3 is 6.03 Å². The third kappa shape index (κ3) is 3.80. The molecule has 0 fully saturated rings. The predicted octanol–water partition coefficient (Wildman–Crippen LogP) is 2.26. The molecular weight excluding hydrogens is 244 g/mol. The fourth-order valence-corrected chi connectivity index (χ4v) is 1.56. The molecule has 6 heteroatoms. The summed E-state index contributed by atoms with van der Waals surface area (Å²) < 4.78 is 5.29. The van der Waals surface area contributed by atoms with Gasteiger partial charge < -0.3 is 15.1 Å². The van der Waals surface area contributed by atoms with Gasteiger partial charge in [0.15, 0.2) is 0 Å². The smallest absolute Gasteiger partial charge is 0.319 e. The molecule has 2 amide bonds. The van der Waals surface area contributed by atoms with Crippen LogP contribution < -0.4 is 10.6 Å². The molecule has 100 valence electrons. The van der Waals surface area contributed by atoms with Crippen molar-refractivity contribution < 1.29 is 9.21 Å². The number of hydrogen-bond acceptors (Lipinski definition) is 4. The largest absolute Gasteiger partial charge is 0.423 e. The second-order valence-corrected chi connectivity index (χ2v) is 4.12. The molecule has 2 N–H and O–H groups in total. The van der Waals surface area contributed by atoms with E-state index in [0.717, 1.165) is 11.3 Å². The van der Waals surface area contributed by atoms with Crippen LogP contribution in [0.1, 0.15) is 24.3 Å². The number of rotatable bonds is 4. The van der Waals surface area contributed by atoms with Crippen LogP contribution in [0.3, 0.4) is 0 Å². The lowest BCUT2D eigenvalue weighted by atomic mass is 10.2. The SMILES string of the molecule is CCc1nnc(CNC(=O)Nc2cccc(C)c2)o1. The third-order valence-electron chi connectivity index (χ3n) is 2.49. The highest BCUT2D eigenvalue weighted by molar-refractivity contribution is 5.89. The van der Waals surface area contributed by atoms with E-state index in [1.807, 2.05) is 38.1 Å². The number of anilines is 1. The van der Waals surface area contributed by atoms with Crippen LogP contribution >= 0.6 is 0 Å². The maximum absolute atomic E-state index is 11.7. The van der Waals surface area contributed by atoms with Gasteiger partial charge in [-0.2, -0.15) is 0 Å². The van der Waals surface area contributed by atoms with Crippen molar-refractivity contribution in [3.05, 3.63) is 41.6 Å². The van der Waals surface area contributed by atoms with Crippen LogP contribution in [0.5, 0.6) is 0 Å². The predicted molar refractivity (Wildman–Crippen MR) is 70.7 cm³/mol. The highest BCUT2D eigenvalue weighted by Gasteiger charge is 2.06. The standard InChI is InChI=1S/C13H16N4O2/c1-3-11-16-17-12(19-11)8-14-13(18)15-10-6-4-5-9(2)7-10/h4-7H,3,8H2,1-2H3,(H2,14,15,18). The molecule has 1 heterocycles. The van der Waals surface area contributed by atoms with Gasteiger partial charge in [0.1, 0.15) is 0 Å². The Bertz CT molecular complexity index is 565. The van der Waals surface area contributed by atoms with Gasteiger partial charge in [-0.05, 0) is 24.6 Å². The summed E-state index contributed by atoms with van der Waals surface area (Å²) in [6.07, 6.45) is 0.683. The lowest BCUT2D eigenvalue weighted by Gasteiger charge is -2.06. The number of aromatic nitrogens is 2. The lowest BCUT2D eigenvalue weighted by Crippen LogP contribution is -2.28. The molecule has 0 atom stereocenters. The second-order valence-electron chi connectivity index (χ2n) is 4.12. The summed E-state index contributed by atoms with van der Waals surface area (Å²) in [6.45, 7) is 4.10. The van der Waals surface area contributed by atoms with Crippen molar-refractivity contribution >= 4 is 11.7 Å². The van der Waals surface area contributed by atoms with Crippen LogP contribution in [-0.2, 0) is 13.0 Å². The molecule has 0 unspecified atom stereocenters. The number of nitrogens with one attached hydrogen (secondary N) is 2. The first-order valence-electron chi connectivity index (χ1n) is 6.10. The summed E-state index contributed by atoms with van der Waals surface area (Å²) in [4.78, 5) is 11.7. The summed E-state index contributed by atoms with van der Waals surface area (Å²) in [7, 11) is 0. The monoisotopic (exact) mass is 260 g/mol. The number of hydrogen-bond donors (Lipinski definition) is 2. The van der Waals surface area contributed by atoms with Gasteiger partial charge in [0.2, 0.25) is 11.8 Å². The number of amides is 2. The summed E-state index contributed by atoms with van der Waals surface area (Å²) >= 11 is 0. The van der Waals surface area contributed by atoms with Gasteiger partial charge in [-0.25, -0.2) is 4.79 Å². The minimum atomic E-state index is -0.304. The first-order chi connectivity index (χ1) is 9.17. The summed E-state index contributed by atoms with van der Waals surface area (Å²) in [5.74, 6) is 0.965. The lowest BCUT2D eigenvalue weighted by molar-refractivity contribution is 0.250. The van der Waals surface area contributed by atoms with Gasteiger partial charge in [0.25, 0.3) is 0 Å². The summed E-state index contributed by atoms with van der Waals surface area (Å²) in [5.41, 5.74) is 1.83. The molecule has 0 radical (unpaired) electrons. The molecule has 6 nitrogen and oxygen atoms in total. The highest BCUT2D eigenvalue weighted by atomic mass is 16.4. The van der Waals surface area contributed by atoms with Crippen molar-refractivity contribution in [2.75, 3.05) is 5.32 Å². The Hall–Kier alpha value is -2.37. The Morgan fingerprint density at radius 1 is 1.32 bits per heavy atom. The van der Waals surface area contributed by atoms with Gasteiger partial charge in [-0.1, -0.05) is 19.1 Å². The van der Waals surface area contributed by atoms with Crippen LogP contribution in [-0.4, -0.2) is 16.2 Å². The number of nitrogens with zero attached hydrogens (tertiary/aromatic N) is 2. The topological polar surface area (TPSA) is 80.0 Å². The molecule has 0 saturated carbocycles. The van der Waals surface area contributed by atoms with Gasteiger partial charge in [0.05, 0.1) is 6.54 Å². The number of carbonyl (C=O) groups is 1. The van der Waals surface area contributed by atoms with E-state index in [-0.39, 0.29) is 12.6 Å². The third-order valence-corrected chi connectivity index (χ3v) is 2.49. The first kappa shape index (κ1) is 13.1. The van der Waals surface area contributed by atoms with Crippen LogP contribution in [0.4, 0.5) is 10.5 Å². The average Bonchev–Trinajstić information content (AvgIpc) is 2.84. The van der Waals surface area contributed by atoms with Crippen molar-refractivity contribution in [2.45, 2.75) is 26.8 Å². The van der Waals surface area contributed by atoms with Gasteiger partial charge in [-0.3, -0.25) is 0 Å². The van der Waals surface area contributed by atoms with Crippen molar-refractivity contribution in [3.63, 3.8) is 0 Å². The average molecular weight is 260 g/mol. The molecule has 1 aromatic heterocycles. The molecule has 0 aliphatic carbocycles. The molecule has 0 spiro atoms. The van der Waals surface area contributed by atoms with E-state index >= 15 is 0 Å².